The molecule has 16 heavy (non-hydrogen) atoms. The van der Waals surface area contributed by atoms with Crippen LogP contribution in [0, 0.1) is 0 Å². The Morgan fingerprint density at radius 3 is 2.94 bits per heavy atom. The average molecular weight is 237 g/mol. The summed E-state index contributed by atoms with van der Waals surface area (Å²) >= 11 is 5.76. The van der Waals surface area contributed by atoms with Gasteiger partial charge in [-0.15, -0.1) is 0 Å². The SMILES string of the molecule is O=Cc1cc(Cl)ccc1OCc1ccco1. The van der Waals surface area contributed by atoms with E-state index in [1.807, 2.05) is 0 Å². The van der Waals surface area contributed by atoms with Crippen molar-refractivity contribution in [3.63, 3.8) is 0 Å². The van der Waals surface area contributed by atoms with Crippen LogP contribution in [0.2, 0.25) is 5.02 Å². The van der Waals surface area contributed by atoms with Gasteiger partial charge in [-0.1, -0.05) is 11.6 Å². The molecule has 0 N–H and O–H groups in total. The number of carbonyl (C=O) groups is 1. The maximum absolute atomic E-state index is 10.8. The Kier molecular flexibility index (Phi) is 3.27. The Morgan fingerprint density at radius 2 is 2.25 bits per heavy atom. The van der Waals surface area contributed by atoms with Crippen molar-refractivity contribution in [1.82, 2.24) is 0 Å². The van der Waals surface area contributed by atoms with Crippen LogP contribution in [0.15, 0.2) is 41.0 Å². The molecule has 0 atom stereocenters. The highest BCUT2D eigenvalue weighted by atomic mass is 35.5. The van der Waals surface area contributed by atoms with Crippen molar-refractivity contribution in [2.45, 2.75) is 6.61 Å². The van der Waals surface area contributed by atoms with E-state index in [9.17, 15) is 4.79 Å². The number of hydrogen-bond acceptors (Lipinski definition) is 3. The lowest BCUT2D eigenvalue weighted by Gasteiger charge is -2.06. The van der Waals surface area contributed by atoms with Gasteiger partial charge in [-0.25, -0.2) is 0 Å². The fourth-order valence-corrected chi connectivity index (χ4v) is 1.47. The second-order valence-electron chi connectivity index (χ2n) is 3.17. The van der Waals surface area contributed by atoms with Crippen LogP contribution in [0.25, 0.3) is 0 Å². The van der Waals surface area contributed by atoms with Gasteiger partial charge in [-0.05, 0) is 30.3 Å². The van der Waals surface area contributed by atoms with Crippen molar-refractivity contribution >= 4 is 17.9 Å². The van der Waals surface area contributed by atoms with E-state index in [1.165, 1.54) is 0 Å². The molecule has 3 nitrogen and oxygen atoms in total. The summed E-state index contributed by atoms with van der Waals surface area (Å²) in [5, 5.41) is 0.507. The standard InChI is InChI=1S/C12H9ClO3/c13-10-3-4-12(9(6-10)7-14)16-8-11-2-1-5-15-11/h1-7H,8H2. The van der Waals surface area contributed by atoms with E-state index < -0.39 is 0 Å². The van der Waals surface area contributed by atoms with Gasteiger partial charge in [0, 0.05) is 5.02 Å². The Labute approximate surface area is 97.6 Å². The number of furan rings is 1. The molecule has 0 aliphatic carbocycles. The Balaban J connectivity index is 2.12. The lowest BCUT2D eigenvalue weighted by Crippen LogP contribution is -1.97. The molecule has 82 valence electrons. The molecule has 0 radical (unpaired) electrons. The smallest absolute Gasteiger partial charge is 0.153 e. The number of rotatable bonds is 4. The van der Waals surface area contributed by atoms with Crippen LogP contribution >= 0.6 is 11.6 Å². The fourth-order valence-electron chi connectivity index (χ4n) is 1.29. The number of benzene rings is 1. The first kappa shape index (κ1) is 10.8. The van der Waals surface area contributed by atoms with Crippen LogP contribution in [0.1, 0.15) is 16.1 Å². The minimum atomic E-state index is 0.287. The number of aldehydes is 1. The van der Waals surface area contributed by atoms with E-state index in [0.29, 0.717) is 28.4 Å². The summed E-state index contributed by atoms with van der Waals surface area (Å²) in [6, 6.07) is 8.48. The number of halogens is 1. The quantitative estimate of drug-likeness (QED) is 0.765. The lowest BCUT2D eigenvalue weighted by molar-refractivity contribution is 0.111. The summed E-state index contributed by atoms with van der Waals surface area (Å²) in [4.78, 5) is 10.8. The van der Waals surface area contributed by atoms with Gasteiger partial charge in [0.15, 0.2) is 6.29 Å². The molecule has 0 amide bonds. The fraction of sp³-hybridized carbons (Fsp3) is 0.0833. The molecule has 4 heteroatoms. The molecule has 0 unspecified atom stereocenters. The predicted molar refractivity (Wildman–Crippen MR) is 59.9 cm³/mol. The van der Waals surface area contributed by atoms with Crippen LogP contribution in [-0.4, -0.2) is 6.29 Å². The molecular weight excluding hydrogens is 228 g/mol. The summed E-state index contributed by atoms with van der Waals surface area (Å²) in [5.41, 5.74) is 0.430. The molecule has 2 aromatic rings. The van der Waals surface area contributed by atoms with Crippen LogP contribution in [0.5, 0.6) is 5.75 Å². The molecule has 0 saturated carbocycles. The third-order valence-electron chi connectivity index (χ3n) is 2.05. The van der Waals surface area contributed by atoms with Crippen LogP contribution in [0.3, 0.4) is 0 Å². The van der Waals surface area contributed by atoms with Crippen LogP contribution in [-0.2, 0) is 6.61 Å². The molecule has 0 saturated heterocycles. The van der Waals surface area contributed by atoms with Crippen molar-refractivity contribution in [2.24, 2.45) is 0 Å². The van der Waals surface area contributed by atoms with Crippen LogP contribution < -0.4 is 4.74 Å². The van der Waals surface area contributed by atoms with Gasteiger partial charge in [0.05, 0.1) is 11.8 Å². The Morgan fingerprint density at radius 1 is 1.38 bits per heavy atom. The van der Waals surface area contributed by atoms with Crippen LogP contribution in [0.4, 0.5) is 0 Å². The molecule has 1 heterocycles. The summed E-state index contributed by atoms with van der Waals surface area (Å²) in [6.45, 7) is 0.287. The van der Waals surface area contributed by atoms with Crippen molar-refractivity contribution in [2.75, 3.05) is 0 Å². The second kappa shape index (κ2) is 4.86. The highest BCUT2D eigenvalue weighted by molar-refractivity contribution is 6.30. The topological polar surface area (TPSA) is 39.4 Å². The van der Waals surface area contributed by atoms with Crippen molar-refractivity contribution in [3.05, 3.63) is 52.9 Å². The molecular formula is C12H9ClO3. The lowest BCUT2D eigenvalue weighted by atomic mass is 10.2. The summed E-state index contributed by atoms with van der Waals surface area (Å²) < 4.78 is 10.6. The third kappa shape index (κ3) is 2.44. The van der Waals surface area contributed by atoms with Crippen molar-refractivity contribution < 1.29 is 13.9 Å². The average Bonchev–Trinajstić information content (AvgIpc) is 2.80. The first-order valence-corrected chi connectivity index (χ1v) is 5.07. The first-order chi connectivity index (χ1) is 7.79. The molecule has 0 bridgehead atoms. The van der Waals surface area contributed by atoms with Gasteiger partial charge in [-0.3, -0.25) is 4.79 Å². The summed E-state index contributed by atoms with van der Waals surface area (Å²) in [7, 11) is 0. The Hall–Kier alpha value is -1.74. The summed E-state index contributed by atoms with van der Waals surface area (Å²) in [5.74, 6) is 1.20. The third-order valence-corrected chi connectivity index (χ3v) is 2.28. The highest BCUT2D eigenvalue weighted by Gasteiger charge is 2.04. The molecule has 2 rings (SSSR count). The minimum Gasteiger partial charge on any atom is -0.485 e. The molecule has 1 aromatic carbocycles. The number of hydrogen-bond donors (Lipinski definition) is 0. The zero-order chi connectivity index (χ0) is 11.4. The summed E-state index contributed by atoms with van der Waals surface area (Å²) in [6.07, 6.45) is 2.28. The van der Waals surface area contributed by atoms with Crippen molar-refractivity contribution in [3.8, 4) is 5.75 Å². The van der Waals surface area contributed by atoms with Crippen molar-refractivity contribution in [1.29, 1.82) is 0 Å². The predicted octanol–water partition coefficient (Wildman–Crippen LogP) is 3.32. The normalized spacial score (nSPS) is 10.1. The van der Waals surface area contributed by atoms with E-state index in [-0.39, 0.29) is 6.61 Å². The van der Waals surface area contributed by atoms with E-state index in [2.05, 4.69) is 0 Å². The van der Waals surface area contributed by atoms with Gasteiger partial charge < -0.3 is 9.15 Å². The number of carbonyl (C=O) groups excluding carboxylic acids is 1. The second-order valence-corrected chi connectivity index (χ2v) is 3.60. The highest BCUT2D eigenvalue weighted by Crippen LogP contribution is 2.22. The van der Waals surface area contributed by atoms with E-state index in [4.69, 9.17) is 20.8 Å². The molecule has 0 aliphatic rings. The van der Waals surface area contributed by atoms with E-state index >= 15 is 0 Å². The molecule has 0 spiro atoms. The molecule has 0 fully saturated rings. The first-order valence-electron chi connectivity index (χ1n) is 4.69. The zero-order valence-corrected chi connectivity index (χ0v) is 9.11. The molecule has 1 aromatic heterocycles. The van der Waals surface area contributed by atoms with E-state index in [0.717, 1.165) is 0 Å². The number of ether oxygens (including phenoxy) is 1. The van der Waals surface area contributed by atoms with E-state index in [1.54, 1.807) is 36.6 Å². The van der Waals surface area contributed by atoms with Gasteiger partial charge >= 0.3 is 0 Å². The minimum absolute atomic E-state index is 0.287. The molecule has 0 aliphatic heterocycles. The van der Waals surface area contributed by atoms with Gasteiger partial charge in [0.25, 0.3) is 0 Å². The Bertz CT molecular complexity index is 477. The zero-order valence-electron chi connectivity index (χ0n) is 8.35. The largest absolute Gasteiger partial charge is 0.485 e. The van der Waals surface area contributed by atoms with Gasteiger partial charge in [0.1, 0.15) is 18.1 Å². The monoisotopic (exact) mass is 236 g/mol. The maximum atomic E-state index is 10.8. The maximum Gasteiger partial charge on any atom is 0.153 e. The van der Waals surface area contributed by atoms with Gasteiger partial charge in [0.2, 0.25) is 0 Å². The van der Waals surface area contributed by atoms with Gasteiger partial charge in [-0.2, -0.15) is 0 Å².